The Balaban J connectivity index is 2.55. The summed E-state index contributed by atoms with van der Waals surface area (Å²) in [5, 5.41) is 5.28. The number of hydrogen-bond donors (Lipinski definition) is 2. The molecule has 0 unspecified atom stereocenters. The Morgan fingerprint density at radius 3 is 2.57 bits per heavy atom. The van der Waals surface area contributed by atoms with Gasteiger partial charge in [0.15, 0.2) is 11.5 Å². The summed E-state index contributed by atoms with van der Waals surface area (Å²) in [4.78, 5) is 22.4. The molecule has 0 radical (unpaired) electrons. The average molecular weight is 320 g/mol. The quantitative estimate of drug-likeness (QED) is 0.537. The van der Waals surface area contributed by atoms with Gasteiger partial charge >= 0.3 is 0 Å². The Labute approximate surface area is 136 Å². The van der Waals surface area contributed by atoms with Crippen LogP contribution in [0.1, 0.15) is 25.8 Å². The molecule has 0 atom stereocenters. The van der Waals surface area contributed by atoms with E-state index in [-0.39, 0.29) is 11.8 Å². The molecule has 0 saturated carbocycles. The number of carbonyl (C=O) groups excluding carboxylic acids is 2. The van der Waals surface area contributed by atoms with Crippen LogP contribution in [0.2, 0.25) is 0 Å². The van der Waals surface area contributed by atoms with Crippen molar-refractivity contribution in [2.75, 3.05) is 26.8 Å². The first-order chi connectivity index (χ1) is 11.1. The number of benzene rings is 1. The van der Waals surface area contributed by atoms with Gasteiger partial charge in [-0.15, -0.1) is 0 Å². The highest BCUT2D eigenvalue weighted by Crippen LogP contribution is 2.28. The number of ether oxygens (including phenoxy) is 2. The Morgan fingerprint density at radius 1 is 1.17 bits per heavy atom. The van der Waals surface area contributed by atoms with Gasteiger partial charge in [-0.25, -0.2) is 0 Å². The second-order valence-corrected chi connectivity index (χ2v) is 4.87. The third-order valence-corrected chi connectivity index (χ3v) is 2.87. The van der Waals surface area contributed by atoms with Crippen LogP contribution in [0, 0.1) is 0 Å². The number of hydrogen-bond acceptors (Lipinski definition) is 4. The molecular weight excluding hydrogens is 296 g/mol. The molecule has 0 aliphatic carbocycles. The van der Waals surface area contributed by atoms with E-state index < -0.39 is 0 Å². The van der Waals surface area contributed by atoms with Crippen molar-refractivity contribution in [3.8, 4) is 11.5 Å². The van der Waals surface area contributed by atoms with E-state index in [1.165, 1.54) is 13.0 Å². The van der Waals surface area contributed by atoms with Crippen LogP contribution in [0.3, 0.4) is 0 Å². The molecule has 1 rings (SSSR count). The van der Waals surface area contributed by atoms with E-state index in [1.807, 2.05) is 25.1 Å². The second kappa shape index (κ2) is 10.3. The number of nitrogens with one attached hydrogen (secondary N) is 2. The van der Waals surface area contributed by atoms with Gasteiger partial charge in [0.05, 0.1) is 13.7 Å². The smallest absolute Gasteiger partial charge is 0.244 e. The van der Waals surface area contributed by atoms with Crippen LogP contribution >= 0.6 is 0 Å². The van der Waals surface area contributed by atoms with Crippen molar-refractivity contribution in [1.82, 2.24) is 10.6 Å². The lowest BCUT2D eigenvalue weighted by molar-refractivity contribution is -0.119. The lowest BCUT2D eigenvalue weighted by atomic mass is 10.2. The summed E-state index contributed by atoms with van der Waals surface area (Å²) in [7, 11) is 1.58. The summed E-state index contributed by atoms with van der Waals surface area (Å²) in [6.45, 7) is 4.89. The average Bonchev–Trinajstić information content (AvgIpc) is 2.55. The molecule has 126 valence electrons. The van der Waals surface area contributed by atoms with E-state index in [0.717, 1.165) is 12.0 Å². The molecule has 23 heavy (non-hydrogen) atoms. The summed E-state index contributed by atoms with van der Waals surface area (Å²) in [6, 6.07) is 5.49. The van der Waals surface area contributed by atoms with Crippen LogP contribution < -0.4 is 20.1 Å². The van der Waals surface area contributed by atoms with E-state index in [4.69, 9.17) is 9.47 Å². The molecule has 0 aliphatic rings. The standard InChI is InChI=1S/C17H24N2O4/c1-4-11-23-15-7-5-14(12-16(15)22-3)6-8-17(21)19-10-9-18-13(2)20/h5-8,12H,4,9-11H2,1-3H3,(H,18,20)(H,19,21)/b8-6+. The maximum Gasteiger partial charge on any atom is 0.244 e. The topological polar surface area (TPSA) is 76.7 Å². The van der Waals surface area contributed by atoms with E-state index >= 15 is 0 Å². The Bertz CT molecular complexity index is 556. The van der Waals surface area contributed by atoms with Crippen molar-refractivity contribution in [3.63, 3.8) is 0 Å². The zero-order valence-corrected chi connectivity index (χ0v) is 13.8. The van der Waals surface area contributed by atoms with Crippen LogP contribution in [-0.2, 0) is 9.59 Å². The fourth-order valence-corrected chi connectivity index (χ4v) is 1.77. The molecule has 0 heterocycles. The zero-order chi connectivity index (χ0) is 17.1. The number of carbonyl (C=O) groups is 2. The highest BCUT2D eigenvalue weighted by atomic mass is 16.5. The van der Waals surface area contributed by atoms with Crippen LogP contribution in [0.4, 0.5) is 0 Å². The van der Waals surface area contributed by atoms with Crippen molar-refractivity contribution >= 4 is 17.9 Å². The molecule has 1 aromatic rings. The monoisotopic (exact) mass is 320 g/mol. The van der Waals surface area contributed by atoms with Gasteiger partial charge in [-0.3, -0.25) is 9.59 Å². The minimum Gasteiger partial charge on any atom is -0.493 e. The molecule has 2 amide bonds. The van der Waals surface area contributed by atoms with Crippen molar-refractivity contribution in [1.29, 1.82) is 0 Å². The highest BCUT2D eigenvalue weighted by molar-refractivity contribution is 5.91. The minimum absolute atomic E-state index is 0.118. The van der Waals surface area contributed by atoms with Crippen molar-refractivity contribution < 1.29 is 19.1 Å². The lowest BCUT2D eigenvalue weighted by Gasteiger charge is -2.10. The fraction of sp³-hybridized carbons (Fsp3) is 0.412. The summed E-state index contributed by atoms with van der Waals surface area (Å²) in [5.41, 5.74) is 0.836. The normalized spacial score (nSPS) is 10.4. The van der Waals surface area contributed by atoms with E-state index in [2.05, 4.69) is 10.6 Å². The van der Waals surface area contributed by atoms with Crippen LogP contribution in [0.15, 0.2) is 24.3 Å². The number of amides is 2. The third kappa shape index (κ3) is 7.35. The molecule has 2 N–H and O–H groups in total. The Hall–Kier alpha value is -2.50. The third-order valence-electron chi connectivity index (χ3n) is 2.87. The van der Waals surface area contributed by atoms with Gasteiger partial charge in [0.2, 0.25) is 11.8 Å². The summed E-state index contributed by atoms with van der Waals surface area (Å²) in [5.74, 6) is 0.978. The van der Waals surface area contributed by atoms with Gasteiger partial charge in [0, 0.05) is 26.1 Å². The largest absolute Gasteiger partial charge is 0.493 e. The SMILES string of the molecule is CCCOc1ccc(/C=C/C(=O)NCCNC(C)=O)cc1OC. The zero-order valence-electron chi connectivity index (χ0n) is 13.8. The maximum absolute atomic E-state index is 11.7. The van der Waals surface area contributed by atoms with Crippen molar-refractivity contribution in [2.45, 2.75) is 20.3 Å². The maximum atomic E-state index is 11.7. The van der Waals surface area contributed by atoms with Gasteiger partial charge in [-0.05, 0) is 30.2 Å². The Morgan fingerprint density at radius 2 is 1.91 bits per heavy atom. The first-order valence-corrected chi connectivity index (χ1v) is 7.58. The molecule has 0 saturated heterocycles. The predicted molar refractivity (Wildman–Crippen MR) is 89.5 cm³/mol. The highest BCUT2D eigenvalue weighted by Gasteiger charge is 2.04. The van der Waals surface area contributed by atoms with Crippen molar-refractivity contribution in [2.24, 2.45) is 0 Å². The van der Waals surface area contributed by atoms with Gasteiger partial charge in [0.25, 0.3) is 0 Å². The predicted octanol–water partition coefficient (Wildman–Crippen LogP) is 1.75. The molecule has 0 bridgehead atoms. The summed E-state index contributed by atoms with van der Waals surface area (Å²) >= 11 is 0. The minimum atomic E-state index is -0.222. The molecule has 0 aliphatic heterocycles. The molecule has 0 spiro atoms. The van der Waals surface area contributed by atoms with Crippen molar-refractivity contribution in [3.05, 3.63) is 29.8 Å². The molecule has 0 fully saturated rings. The first kappa shape index (κ1) is 18.5. The first-order valence-electron chi connectivity index (χ1n) is 7.58. The number of methoxy groups -OCH3 is 1. The van der Waals surface area contributed by atoms with E-state index in [0.29, 0.717) is 31.2 Å². The van der Waals surface area contributed by atoms with Gasteiger partial charge in [-0.1, -0.05) is 13.0 Å². The lowest BCUT2D eigenvalue weighted by Crippen LogP contribution is -2.32. The van der Waals surface area contributed by atoms with Crippen LogP contribution in [-0.4, -0.2) is 38.6 Å². The summed E-state index contributed by atoms with van der Waals surface area (Å²) in [6.07, 6.45) is 4.05. The van der Waals surface area contributed by atoms with Gasteiger partial charge in [0.1, 0.15) is 0 Å². The molecule has 6 nitrogen and oxygen atoms in total. The van der Waals surface area contributed by atoms with Gasteiger partial charge < -0.3 is 20.1 Å². The van der Waals surface area contributed by atoms with E-state index in [9.17, 15) is 9.59 Å². The Kier molecular flexibility index (Phi) is 8.28. The second-order valence-electron chi connectivity index (χ2n) is 4.87. The number of rotatable bonds is 9. The molecule has 0 aromatic heterocycles. The molecule has 1 aromatic carbocycles. The van der Waals surface area contributed by atoms with Crippen LogP contribution in [0.25, 0.3) is 6.08 Å². The molecule has 6 heteroatoms. The van der Waals surface area contributed by atoms with Crippen LogP contribution in [0.5, 0.6) is 11.5 Å². The van der Waals surface area contributed by atoms with Gasteiger partial charge in [-0.2, -0.15) is 0 Å². The fourth-order valence-electron chi connectivity index (χ4n) is 1.77. The van der Waals surface area contributed by atoms with E-state index in [1.54, 1.807) is 13.2 Å². The molecular formula is C17H24N2O4. The summed E-state index contributed by atoms with van der Waals surface area (Å²) < 4.78 is 10.9.